The molecule has 1 aliphatic rings. The molecule has 230 valence electrons. The highest BCUT2D eigenvalue weighted by molar-refractivity contribution is 5.73. The Morgan fingerprint density at radius 2 is 1.74 bits per heavy atom. The topological polar surface area (TPSA) is 134 Å². The summed E-state index contributed by atoms with van der Waals surface area (Å²) in [5.41, 5.74) is 12.5. The summed E-state index contributed by atoms with van der Waals surface area (Å²) in [6.45, 7) is -1.82. The van der Waals surface area contributed by atoms with E-state index in [0.717, 1.165) is 12.1 Å². The third-order valence-corrected chi connectivity index (χ3v) is 6.80. The van der Waals surface area contributed by atoms with Gasteiger partial charge in [0, 0.05) is 11.6 Å². The van der Waals surface area contributed by atoms with Crippen LogP contribution in [-0.2, 0) is 4.79 Å². The Balaban J connectivity index is 1.65. The number of carbonyl (C=O) groups is 1. The molecule has 0 radical (unpaired) electrons. The van der Waals surface area contributed by atoms with E-state index >= 15 is 0 Å². The van der Waals surface area contributed by atoms with Gasteiger partial charge in [0.2, 0.25) is 17.9 Å². The number of aromatic nitrogens is 2. The normalized spacial score (nSPS) is 17.1. The van der Waals surface area contributed by atoms with E-state index in [2.05, 4.69) is 9.97 Å². The number of hydrogen-bond donors (Lipinski definition) is 3. The Morgan fingerprint density at radius 3 is 2.35 bits per heavy atom. The minimum atomic E-state index is -5.09. The summed E-state index contributed by atoms with van der Waals surface area (Å²) in [7, 11) is 0. The number of benzene rings is 2. The third-order valence-electron chi connectivity index (χ3n) is 6.80. The molecule has 0 saturated carbocycles. The van der Waals surface area contributed by atoms with Crippen LogP contribution in [0.15, 0.2) is 60.7 Å². The lowest BCUT2D eigenvalue weighted by molar-refractivity contribution is -0.199. The molecule has 4 rings (SSSR count). The molecule has 5 N–H and O–H groups in total. The maximum Gasteiger partial charge on any atom is 0.429 e. The van der Waals surface area contributed by atoms with Gasteiger partial charge in [0.25, 0.3) is 0 Å². The van der Waals surface area contributed by atoms with Crippen molar-refractivity contribution in [3.63, 3.8) is 0 Å². The van der Waals surface area contributed by atoms with Crippen LogP contribution in [0.5, 0.6) is 11.6 Å². The lowest BCUT2D eigenvalue weighted by atomic mass is 9.84. The van der Waals surface area contributed by atoms with Crippen LogP contribution in [0.1, 0.15) is 43.0 Å². The number of nitrogens with two attached hydrogens (primary N) is 2. The number of anilines is 1. The average molecular weight is 611 g/mol. The fourth-order valence-corrected chi connectivity index (χ4v) is 4.74. The zero-order valence-electron chi connectivity index (χ0n) is 22.5. The van der Waals surface area contributed by atoms with Gasteiger partial charge in [0.05, 0.1) is 5.69 Å². The maximum atomic E-state index is 14.4. The van der Waals surface area contributed by atoms with Crippen molar-refractivity contribution in [1.82, 2.24) is 9.97 Å². The molecule has 14 heteroatoms. The number of halogens is 6. The van der Waals surface area contributed by atoms with Gasteiger partial charge in [0.1, 0.15) is 11.8 Å². The molecule has 43 heavy (non-hydrogen) atoms. The summed E-state index contributed by atoms with van der Waals surface area (Å²) in [6.07, 6.45) is -9.17. The summed E-state index contributed by atoms with van der Waals surface area (Å²) in [4.78, 5) is 18.9. The Kier molecular flexibility index (Phi) is 9.48. The molecular formula is C29H28F6N4O4. The second kappa shape index (κ2) is 12.9. The Bertz CT molecular complexity index is 1460. The molecule has 1 heterocycles. The molecule has 0 spiro atoms. The number of rotatable bonds is 10. The van der Waals surface area contributed by atoms with Crippen LogP contribution >= 0.6 is 0 Å². The predicted molar refractivity (Wildman–Crippen MR) is 145 cm³/mol. The molecule has 1 aromatic heterocycles. The van der Waals surface area contributed by atoms with Crippen LogP contribution in [0.4, 0.5) is 32.3 Å². The molecule has 0 amide bonds. The van der Waals surface area contributed by atoms with E-state index in [1.165, 1.54) is 12.1 Å². The van der Waals surface area contributed by atoms with Gasteiger partial charge in [-0.3, -0.25) is 4.79 Å². The van der Waals surface area contributed by atoms with Gasteiger partial charge in [-0.2, -0.15) is 31.3 Å². The number of nitrogen functional groups attached to an aromatic ring is 1. The number of alkyl halides is 6. The third kappa shape index (κ3) is 8.60. The molecule has 0 fully saturated rings. The lowest BCUT2D eigenvalue weighted by Crippen LogP contribution is -2.32. The van der Waals surface area contributed by atoms with Crippen molar-refractivity contribution in [3.05, 3.63) is 71.9 Å². The first-order valence-electron chi connectivity index (χ1n) is 13.1. The standard InChI is InChI=1S/C29H28F6N4O4/c30-28(31,32)15-42-23-13-19(17-4-2-1-3-5-17)10-11-20(23)25(29(33,34)35)43-24-14-22(38-27(37)39-24)18-8-6-16(7-9-18)12-21(36)26(40)41/h1-5,8,10-11,13-14,16,21,25H,6-7,9,12,15,36H2,(H,40,41)(H2,37,38,39)/t16?,21-,25+/m0/s1. The van der Waals surface area contributed by atoms with Gasteiger partial charge in [-0.05, 0) is 54.4 Å². The van der Waals surface area contributed by atoms with E-state index in [-0.39, 0.29) is 24.0 Å². The molecule has 2 aromatic carbocycles. The minimum absolute atomic E-state index is 0.00617. The zero-order valence-corrected chi connectivity index (χ0v) is 22.5. The van der Waals surface area contributed by atoms with Crippen molar-refractivity contribution in [3.8, 4) is 22.8 Å². The van der Waals surface area contributed by atoms with Crippen molar-refractivity contribution in [1.29, 1.82) is 0 Å². The second-order valence-corrected chi connectivity index (χ2v) is 10.1. The number of nitrogens with zero attached hydrogens (tertiary/aromatic N) is 2. The number of hydrogen-bond acceptors (Lipinski definition) is 7. The smallest absolute Gasteiger partial charge is 0.429 e. The summed E-state index contributed by atoms with van der Waals surface area (Å²) in [6, 6.07) is 11.9. The Labute approximate surface area is 242 Å². The Hall–Kier alpha value is -4.33. The van der Waals surface area contributed by atoms with Gasteiger partial charge in [-0.25, -0.2) is 4.98 Å². The van der Waals surface area contributed by atoms with Gasteiger partial charge in [-0.1, -0.05) is 48.5 Å². The van der Waals surface area contributed by atoms with Crippen LogP contribution in [0.2, 0.25) is 0 Å². The summed E-state index contributed by atoms with van der Waals surface area (Å²) >= 11 is 0. The van der Waals surface area contributed by atoms with Crippen molar-refractivity contribution in [2.24, 2.45) is 11.7 Å². The predicted octanol–water partition coefficient (Wildman–Crippen LogP) is 6.33. The number of ether oxygens (including phenoxy) is 2. The highest BCUT2D eigenvalue weighted by Gasteiger charge is 2.45. The van der Waals surface area contributed by atoms with E-state index in [1.807, 2.05) is 0 Å². The van der Waals surface area contributed by atoms with Crippen molar-refractivity contribution in [2.75, 3.05) is 12.3 Å². The highest BCUT2D eigenvalue weighted by Crippen LogP contribution is 2.43. The lowest BCUT2D eigenvalue weighted by Gasteiger charge is -2.25. The zero-order chi connectivity index (χ0) is 31.4. The maximum absolute atomic E-state index is 14.4. The van der Waals surface area contributed by atoms with Gasteiger partial charge >= 0.3 is 18.3 Å². The van der Waals surface area contributed by atoms with E-state index < -0.39 is 54.3 Å². The minimum Gasteiger partial charge on any atom is -0.484 e. The number of aliphatic carboxylic acids is 1. The van der Waals surface area contributed by atoms with E-state index in [0.29, 0.717) is 36.0 Å². The first-order chi connectivity index (χ1) is 20.2. The van der Waals surface area contributed by atoms with Crippen LogP contribution in [0.3, 0.4) is 0 Å². The molecule has 1 aliphatic carbocycles. The first kappa shape index (κ1) is 31.6. The molecule has 0 bridgehead atoms. The second-order valence-electron chi connectivity index (χ2n) is 10.1. The fourth-order valence-electron chi connectivity index (χ4n) is 4.74. The number of carboxylic acid groups (broad SMARTS) is 1. The van der Waals surface area contributed by atoms with Crippen LogP contribution in [-0.4, -0.2) is 46.0 Å². The molecule has 3 atom stereocenters. The van der Waals surface area contributed by atoms with Gasteiger partial charge in [0.15, 0.2) is 6.61 Å². The van der Waals surface area contributed by atoms with Gasteiger partial charge in [-0.15, -0.1) is 0 Å². The van der Waals surface area contributed by atoms with Gasteiger partial charge < -0.3 is 26.0 Å². The highest BCUT2D eigenvalue weighted by atomic mass is 19.4. The molecule has 0 aliphatic heterocycles. The quantitative estimate of drug-likeness (QED) is 0.227. The Morgan fingerprint density at radius 1 is 1.02 bits per heavy atom. The summed E-state index contributed by atoms with van der Waals surface area (Å²) in [5.74, 6) is -2.70. The van der Waals surface area contributed by atoms with Crippen molar-refractivity contribution >= 4 is 17.5 Å². The van der Waals surface area contributed by atoms with E-state index in [9.17, 15) is 31.1 Å². The van der Waals surface area contributed by atoms with Crippen LogP contribution in [0.25, 0.3) is 16.7 Å². The monoisotopic (exact) mass is 610 g/mol. The van der Waals surface area contributed by atoms with Crippen LogP contribution in [0, 0.1) is 5.92 Å². The molecule has 8 nitrogen and oxygen atoms in total. The SMILES string of the molecule is Nc1nc(O[C@H](c2ccc(-c3ccccc3)cc2OCC(F)(F)F)C(F)(F)F)cc(C2=CCC(C[C@H](N)C(=O)O)CC2)n1. The van der Waals surface area contributed by atoms with Crippen LogP contribution < -0.4 is 20.9 Å². The average Bonchev–Trinajstić information content (AvgIpc) is 2.94. The summed E-state index contributed by atoms with van der Waals surface area (Å²) in [5, 5.41) is 9.04. The largest absolute Gasteiger partial charge is 0.484 e. The number of carboxylic acids is 1. The molecule has 1 unspecified atom stereocenters. The molecule has 3 aromatic rings. The summed E-state index contributed by atoms with van der Waals surface area (Å²) < 4.78 is 92.3. The van der Waals surface area contributed by atoms with Crippen molar-refractivity contribution < 1.29 is 45.7 Å². The number of allylic oxidation sites excluding steroid dienone is 2. The van der Waals surface area contributed by atoms with Crippen molar-refractivity contribution in [2.45, 2.75) is 50.2 Å². The fraction of sp³-hybridized carbons (Fsp3) is 0.345. The van der Waals surface area contributed by atoms with E-state index in [1.54, 1.807) is 36.4 Å². The first-order valence-corrected chi connectivity index (χ1v) is 13.1. The van der Waals surface area contributed by atoms with E-state index in [4.69, 9.17) is 26.0 Å². The molecular weight excluding hydrogens is 582 g/mol. The molecule has 0 saturated heterocycles.